The van der Waals surface area contributed by atoms with Crippen LogP contribution >= 0.6 is 0 Å². The quantitative estimate of drug-likeness (QED) is 0.0796. The fourth-order valence-corrected chi connectivity index (χ4v) is 12.4. The van der Waals surface area contributed by atoms with Crippen molar-refractivity contribution in [2.45, 2.75) is 124 Å². The molecule has 406 valence electrons. The number of rotatable bonds is 19. The van der Waals surface area contributed by atoms with Crippen molar-refractivity contribution < 1.29 is 0 Å². The lowest BCUT2D eigenvalue weighted by molar-refractivity contribution is 0.589. The van der Waals surface area contributed by atoms with Crippen LogP contribution in [0, 0.1) is 13.8 Å². The van der Waals surface area contributed by atoms with Crippen LogP contribution in [0.5, 0.6) is 0 Å². The number of benzene rings is 10. The highest BCUT2D eigenvalue weighted by Gasteiger charge is 2.46. The van der Waals surface area contributed by atoms with Crippen molar-refractivity contribution in [1.82, 2.24) is 0 Å². The van der Waals surface area contributed by atoms with E-state index in [1.807, 2.05) is 0 Å². The van der Waals surface area contributed by atoms with Crippen molar-refractivity contribution in [3.8, 4) is 33.4 Å². The van der Waals surface area contributed by atoms with Gasteiger partial charge in [0.2, 0.25) is 0 Å². The summed E-state index contributed by atoms with van der Waals surface area (Å²) in [5.41, 5.74) is 27.2. The van der Waals surface area contributed by atoms with Crippen LogP contribution in [-0.2, 0) is 30.1 Å². The first kappa shape index (κ1) is 54.7. The maximum absolute atomic E-state index is 2.43. The van der Waals surface area contributed by atoms with Crippen molar-refractivity contribution in [1.29, 1.82) is 0 Å². The summed E-state index contributed by atoms with van der Waals surface area (Å²) in [4.78, 5) is 4.79. The molecule has 11 rings (SSSR count). The Morgan fingerprint density at radius 1 is 0.321 bits per heavy atom. The van der Waals surface area contributed by atoms with Gasteiger partial charge in [-0.1, -0.05) is 230 Å². The summed E-state index contributed by atoms with van der Waals surface area (Å²) in [7, 11) is 0. The van der Waals surface area contributed by atoms with Gasteiger partial charge in [0.1, 0.15) is 0 Å². The van der Waals surface area contributed by atoms with E-state index in [9.17, 15) is 0 Å². The highest BCUT2D eigenvalue weighted by atomic mass is 15.1. The smallest absolute Gasteiger partial charge is 0.0713 e. The van der Waals surface area contributed by atoms with E-state index >= 15 is 0 Å². The minimum absolute atomic E-state index is 0.0591. The summed E-state index contributed by atoms with van der Waals surface area (Å²) in [6, 6.07) is 88.0. The largest absolute Gasteiger partial charge is 0.311 e. The molecule has 1 aliphatic carbocycles. The van der Waals surface area contributed by atoms with E-state index in [0.717, 1.165) is 42.0 Å². The third-order valence-corrected chi connectivity index (χ3v) is 17.0. The first-order chi connectivity index (χ1) is 39.4. The van der Waals surface area contributed by atoms with E-state index in [1.165, 1.54) is 139 Å². The molecule has 10 aromatic carbocycles. The monoisotopic (exact) mass is 1060 g/mol. The second-order valence-electron chi connectivity index (χ2n) is 23.9. The lowest BCUT2D eigenvalue weighted by Gasteiger charge is -2.35. The van der Waals surface area contributed by atoms with E-state index in [2.05, 4.69) is 296 Å². The van der Waals surface area contributed by atoms with Crippen LogP contribution in [0.1, 0.15) is 136 Å². The molecule has 2 heteroatoms. The molecule has 81 heavy (non-hydrogen) atoms. The van der Waals surface area contributed by atoms with Crippen molar-refractivity contribution >= 4 is 34.1 Å². The topological polar surface area (TPSA) is 6.48 Å². The van der Waals surface area contributed by atoms with E-state index in [0.29, 0.717) is 0 Å². The molecule has 0 spiro atoms. The number of aryl methyl sites for hydroxylation is 5. The van der Waals surface area contributed by atoms with Gasteiger partial charge < -0.3 is 9.80 Å². The molecular weight excluding hydrogens is 977 g/mol. The van der Waals surface area contributed by atoms with Gasteiger partial charge in [-0.3, -0.25) is 0 Å². The van der Waals surface area contributed by atoms with E-state index in [-0.39, 0.29) is 5.41 Å². The van der Waals surface area contributed by atoms with Gasteiger partial charge in [0, 0.05) is 34.1 Å². The average Bonchev–Trinajstić information content (AvgIpc) is 3.93. The van der Waals surface area contributed by atoms with Gasteiger partial charge in [-0.15, -0.1) is 0 Å². The van der Waals surface area contributed by atoms with Gasteiger partial charge in [0.15, 0.2) is 0 Å². The van der Waals surface area contributed by atoms with E-state index in [4.69, 9.17) is 0 Å². The Morgan fingerprint density at radius 2 is 0.593 bits per heavy atom. The van der Waals surface area contributed by atoms with Crippen LogP contribution < -0.4 is 9.80 Å². The molecule has 0 unspecified atom stereocenters. The van der Waals surface area contributed by atoms with Crippen LogP contribution in [0.3, 0.4) is 0 Å². The van der Waals surface area contributed by atoms with Crippen LogP contribution in [-0.4, -0.2) is 0 Å². The molecule has 0 amide bonds. The van der Waals surface area contributed by atoms with E-state index < -0.39 is 5.41 Å². The van der Waals surface area contributed by atoms with E-state index in [1.54, 1.807) is 0 Å². The first-order valence-corrected chi connectivity index (χ1v) is 30.1. The van der Waals surface area contributed by atoms with Gasteiger partial charge in [-0.2, -0.15) is 0 Å². The highest BCUT2D eigenvalue weighted by Crippen LogP contribution is 2.57. The predicted molar refractivity (Wildman–Crippen MR) is 348 cm³/mol. The van der Waals surface area contributed by atoms with Crippen LogP contribution in [0.15, 0.2) is 231 Å². The first-order valence-electron chi connectivity index (χ1n) is 30.1. The molecule has 0 fully saturated rings. The molecule has 0 atom stereocenters. The molecule has 0 radical (unpaired) electrons. The summed E-state index contributed by atoms with van der Waals surface area (Å²) in [6.07, 6.45) is 10.5. The standard InChI is InChI=1S/C79H80N2/c1-9-12-15-58-20-40-68(41-21-58)80(69-42-22-59(23-43-69)16-13-10-2)71-48-30-63(31-49-71)64-32-50-73(51-33-64)81(70-44-24-60(25-45-70)17-14-11-3)72-46-28-62(29-47-72)61-26-34-66(35-27-61)79(67-38-36-65(37-39-67)78(6,7)8)76-54-56(4)18-52-74(76)75-53-19-57(5)55-77(75)79/h18-55H,9-17H2,1-8H3. The maximum Gasteiger partial charge on any atom is 0.0713 e. The van der Waals surface area contributed by atoms with Gasteiger partial charge in [0.25, 0.3) is 0 Å². The number of anilines is 6. The summed E-state index contributed by atoms with van der Waals surface area (Å²) >= 11 is 0. The molecule has 0 aromatic heterocycles. The summed E-state index contributed by atoms with van der Waals surface area (Å²) in [5, 5.41) is 0. The van der Waals surface area contributed by atoms with Crippen LogP contribution in [0.2, 0.25) is 0 Å². The Morgan fingerprint density at radius 3 is 0.877 bits per heavy atom. The molecule has 0 saturated heterocycles. The van der Waals surface area contributed by atoms with Gasteiger partial charge >= 0.3 is 0 Å². The van der Waals surface area contributed by atoms with Crippen molar-refractivity contribution in [3.05, 3.63) is 286 Å². The Hall–Kier alpha value is -8.20. The summed E-state index contributed by atoms with van der Waals surface area (Å²) in [5.74, 6) is 0. The van der Waals surface area contributed by atoms with Crippen molar-refractivity contribution in [2.24, 2.45) is 0 Å². The van der Waals surface area contributed by atoms with Gasteiger partial charge in [0.05, 0.1) is 5.41 Å². The molecule has 2 nitrogen and oxygen atoms in total. The number of hydrogen-bond acceptors (Lipinski definition) is 2. The van der Waals surface area contributed by atoms with Crippen molar-refractivity contribution in [2.75, 3.05) is 9.80 Å². The van der Waals surface area contributed by atoms with Crippen LogP contribution in [0.25, 0.3) is 33.4 Å². The summed E-state index contributed by atoms with van der Waals surface area (Å²) in [6.45, 7) is 18.1. The lowest BCUT2D eigenvalue weighted by Crippen LogP contribution is -2.29. The maximum atomic E-state index is 2.43. The number of fused-ring (bicyclic) bond motifs is 3. The molecular formula is C79H80N2. The molecule has 1 aliphatic rings. The molecule has 0 heterocycles. The number of unbranched alkanes of at least 4 members (excludes halogenated alkanes) is 3. The Bertz CT molecular complexity index is 3590. The Kier molecular flexibility index (Phi) is 16.1. The Labute approximate surface area is 484 Å². The third-order valence-electron chi connectivity index (χ3n) is 17.0. The van der Waals surface area contributed by atoms with Gasteiger partial charge in [-0.05, 0) is 208 Å². The molecule has 0 saturated carbocycles. The number of nitrogens with zero attached hydrogens (tertiary/aromatic N) is 2. The lowest BCUT2D eigenvalue weighted by atomic mass is 9.67. The molecule has 10 aromatic rings. The molecule has 0 bridgehead atoms. The minimum Gasteiger partial charge on any atom is -0.311 e. The predicted octanol–water partition coefficient (Wildman–Crippen LogP) is 22.3. The van der Waals surface area contributed by atoms with Gasteiger partial charge in [-0.25, -0.2) is 0 Å². The molecule has 0 N–H and O–H groups in total. The second kappa shape index (κ2) is 23.9. The second-order valence-corrected chi connectivity index (χ2v) is 23.9. The zero-order chi connectivity index (χ0) is 56.1. The summed E-state index contributed by atoms with van der Waals surface area (Å²) < 4.78 is 0. The average molecular weight is 1060 g/mol. The highest BCUT2D eigenvalue weighted by molar-refractivity contribution is 5.88. The Balaban J connectivity index is 0.902. The van der Waals surface area contributed by atoms with Crippen LogP contribution in [0.4, 0.5) is 34.1 Å². The normalized spacial score (nSPS) is 12.5. The zero-order valence-electron chi connectivity index (χ0n) is 49.2. The SMILES string of the molecule is CCCCc1ccc(N(c2ccc(CCCC)cc2)c2ccc(-c3ccc(N(c4ccc(CCCC)cc4)c4ccc(-c5ccc(C6(c7ccc(C(C)(C)C)cc7)c7cc(C)ccc7-c7ccc(C)cc76)cc5)cc4)cc3)cc2)cc1. The zero-order valence-corrected chi connectivity index (χ0v) is 49.2. The number of hydrogen-bond donors (Lipinski definition) is 0. The fourth-order valence-electron chi connectivity index (χ4n) is 12.4. The van der Waals surface area contributed by atoms with Crippen molar-refractivity contribution in [3.63, 3.8) is 0 Å². The fraction of sp³-hybridized carbons (Fsp3) is 0.241. The third kappa shape index (κ3) is 11.3. The molecule has 0 aliphatic heterocycles. The minimum atomic E-state index is -0.462.